The summed E-state index contributed by atoms with van der Waals surface area (Å²) in [6.45, 7) is 5.22. The lowest BCUT2D eigenvalue weighted by Crippen LogP contribution is -2.35. The molecule has 20 heavy (non-hydrogen) atoms. The molecule has 0 radical (unpaired) electrons. The van der Waals surface area contributed by atoms with Crippen LogP contribution in [0.5, 0.6) is 0 Å². The molecule has 1 fully saturated rings. The Hall–Kier alpha value is -0.960. The van der Waals surface area contributed by atoms with Crippen molar-refractivity contribution in [2.45, 2.75) is 52.0 Å². The first-order valence-corrected chi connectivity index (χ1v) is 7.74. The minimum absolute atomic E-state index is 0.272. The molecule has 0 aromatic heterocycles. The van der Waals surface area contributed by atoms with Crippen molar-refractivity contribution in [1.29, 1.82) is 0 Å². The third kappa shape index (κ3) is 4.02. The summed E-state index contributed by atoms with van der Waals surface area (Å²) < 4.78 is 27.6. The maximum Gasteiger partial charge on any atom is 0.129 e. The number of rotatable bonds is 5. The van der Waals surface area contributed by atoms with Gasteiger partial charge in [0.2, 0.25) is 0 Å². The van der Waals surface area contributed by atoms with Crippen LogP contribution in [0.3, 0.4) is 0 Å². The largest absolute Gasteiger partial charge is 0.314 e. The van der Waals surface area contributed by atoms with Crippen molar-refractivity contribution in [1.82, 2.24) is 5.32 Å². The van der Waals surface area contributed by atoms with Crippen LogP contribution in [0.1, 0.15) is 45.1 Å². The summed E-state index contributed by atoms with van der Waals surface area (Å²) in [7, 11) is 0. The lowest BCUT2D eigenvalue weighted by Gasteiger charge is -2.32. The Kier molecular flexibility index (Phi) is 5.53. The molecule has 2 unspecified atom stereocenters. The van der Waals surface area contributed by atoms with E-state index in [1.54, 1.807) is 0 Å². The molecule has 1 saturated carbocycles. The fourth-order valence-electron chi connectivity index (χ4n) is 3.20. The highest BCUT2D eigenvalue weighted by atomic mass is 19.1. The van der Waals surface area contributed by atoms with E-state index < -0.39 is 11.6 Å². The van der Waals surface area contributed by atoms with Crippen molar-refractivity contribution in [2.24, 2.45) is 11.8 Å². The normalized spacial score (nSPS) is 23.2. The van der Waals surface area contributed by atoms with Gasteiger partial charge in [0, 0.05) is 11.6 Å². The van der Waals surface area contributed by atoms with Crippen molar-refractivity contribution in [2.75, 3.05) is 6.54 Å². The second-order valence-corrected chi connectivity index (χ2v) is 6.27. The van der Waals surface area contributed by atoms with Crippen LogP contribution in [0.2, 0.25) is 0 Å². The van der Waals surface area contributed by atoms with Gasteiger partial charge in [-0.05, 0) is 49.8 Å². The Morgan fingerprint density at radius 2 is 1.70 bits per heavy atom. The Morgan fingerprint density at radius 1 is 1.10 bits per heavy atom. The minimum Gasteiger partial charge on any atom is -0.314 e. The molecule has 0 bridgehead atoms. The van der Waals surface area contributed by atoms with E-state index in [0.717, 1.165) is 13.0 Å². The summed E-state index contributed by atoms with van der Waals surface area (Å²) in [5, 5.41) is 3.47. The highest BCUT2D eigenvalue weighted by Crippen LogP contribution is 2.33. The Labute approximate surface area is 120 Å². The summed E-state index contributed by atoms with van der Waals surface area (Å²) >= 11 is 0. The molecule has 1 aliphatic carbocycles. The zero-order valence-corrected chi connectivity index (χ0v) is 12.5. The van der Waals surface area contributed by atoms with E-state index in [1.165, 1.54) is 37.5 Å². The standard InChI is InChI=1S/C17H25F2N/c1-12(2)20-11-14-7-4-3-6-13(14)10-15-16(18)8-5-9-17(15)19/h5,8-9,12-14,20H,3-4,6-7,10-11H2,1-2H3. The quantitative estimate of drug-likeness (QED) is 0.848. The summed E-state index contributed by atoms with van der Waals surface area (Å²) in [5.41, 5.74) is 0.272. The fraction of sp³-hybridized carbons (Fsp3) is 0.647. The van der Waals surface area contributed by atoms with E-state index >= 15 is 0 Å². The first-order chi connectivity index (χ1) is 9.58. The minimum atomic E-state index is -0.397. The SMILES string of the molecule is CC(C)NCC1CCCCC1Cc1c(F)cccc1F. The summed E-state index contributed by atoms with van der Waals surface area (Å²) in [5.74, 6) is 0.129. The lowest BCUT2D eigenvalue weighted by atomic mass is 9.76. The number of hydrogen-bond acceptors (Lipinski definition) is 1. The molecule has 112 valence electrons. The summed E-state index contributed by atoms with van der Waals surface area (Å²) in [6.07, 6.45) is 5.20. The van der Waals surface area contributed by atoms with E-state index in [2.05, 4.69) is 19.2 Å². The van der Waals surface area contributed by atoms with E-state index in [9.17, 15) is 8.78 Å². The van der Waals surface area contributed by atoms with Gasteiger partial charge in [-0.1, -0.05) is 32.8 Å². The van der Waals surface area contributed by atoms with Crippen molar-refractivity contribution < 1.29 is 8.78 Å². The third-order valence-corrected chi connectivity index (χ3v) is 4.38. The molecule has 0 spiro atoms. The maximum absolute atomic E-state index is 13.8. The first-order valence-electron chi connectivity index (χ1n) is 7.74. The number of hydrogen-bond donors (Lipinski definition) is 1. The molecule has 3 heteroatoms. The number of halogens is 2. The van der Waals surface area contributed by atoms with Gasteiger partial charge in [0.15, 0.2) is 0 Å². The van der Waals surface area contributed by atoms with E-state index in [-0.39, 0.29) is 5.56 Å². The Bertz CT molecular complexity index is 411. The van der Waals surface area contributed by atoms with Gasteiger partial charge < -0.3 is 5.32 Å². The molecule has 2 atom stereocenters. The average Bonchev–Trinajstić information content (AvgIpc) is 2.42. The van der Waals surface area contributed by atoms with E-state index in [1.807, 2.05) is 0 Å². The molecule has 1 aliphatic rings. The van der Waals surface area contributed by atoms with Crippen LogP contribution < -0.4 is 5.32 Å². The molecule has 1 aromatic carbocycles. The van der Waals surface area contributed by atoms with Gasteiger partial charge in [-0.15, -0.1) is 0 Å². The molecule has 1 N–H and O–H groups in total. The maximum atomic E-state index is 13.8. The predicted molar refractivity (Wildman–Crippen MR) is 78.6 cm³/mol. The number of nitrogens with one attached hydrogen (secondary N) is 1. The van der Waals surface area contributed by atoms with Gasteiger partial charge in [0.25, 0.3) is 0 Å². The van der Waals surface area contributed by atoms with Gasteiger partial charge in [-0.25, -0.2) is 8.78 Å². The van der Waals surface area contributed by atoms with Crippen LogP contribution >= 0.6 is 0 Å². The van der Waals surface area contributed by atoms with Gasteiger partial charge in [0.1, 0.15) is 11.6 Å². The van der Waals surface area contributed by atoms with Gasteiger partial charge in [0.05, 0.1) is 0 Å². The van der Waals surface area contributed by atoms with Gasteiger partial charge in [-0.2, -0.15) is 0 Å². The average molecular weight is 281 g/mol. The molecule has 0 aliphatic heterocycles. The second-order valence-electron chi connectivity index (χ2n) is 6.27. The van der Waals surface area contributed by atoms with Crippen molar-refractivity contribution in [3.8, 4) is 0 Å². The van der Waals surface area contributed by atoms with Crippen molar-refractivity contribution >= 4 is 0 Å². The Balaban J connectivity index is 2.04. The van der Waals surface area contributed by atoms with Gasteiger partial charge in [-0.3, -0.25) is 0 Å². The van der Waals surface area contributed by atoms with E-state index in [0.29, 0.717) is 24.3 Å². The van der Waals surface area contributed by atoms with Crippen LogP contribution in [0, 0.1) is 23.5 Å². The molecule has 0 saturated heterocycles. The van der Waals surface area contributed by atoms with E-state index in [4.69, 9.17) is 0 Å². The third-order valence-electron chi connectivity index (χ3n) is 4.38. The molecule has 0 heterocycles. The highest BCUT2D eigenvalue weighted by Gasteiger charge is 2.27. The van der Waals surface area contributed by atoms with Crippen LogP contribution in [0.25, 0.3) is 0 Å². The van der Waals surface area contributed by atoms with Crippen molar-refractivity contribution in [3.63, 3.8) is 0 Å². The summed E-state index contributed by atoms with van der Waals surface area (Å²) in [6, 6.07) is 4.63. The lowest BCUT2D eigenvalue weighted by molar-refractivity contribution is 0.221. The zero-order chi connectivity index (χ0) is 14.5. The molecule has 2 rings (SSSR count). The van der Waals surface area contributed by atoms with Crippen LogP contribution in [0.4, 0.5) is 8.78 Å². The Morgan fingerprint density at radius 3 is 2.30 bits per heavy atom. The van der Waals surface area contributed by atoms with Gasteiger partial charge >= 0.3 is 0 Å². The molecule has 0 amide bonds. The monoisotopic (exact) mass is 281 g/mol. The smallest absolute Gasteiger partial charge is 0.129 e. The molecular formula is C17H25F2N. The first kappa shape index (κ1) is 15.4. The molecule has 1 aromatic rings. The van der Waals surface area contributed by atoms with Crippen LogP contribution in [0.15, 0.2) is 18.2 Å². The summed E-state index contributed by atoms with van der Waals surface area (Å²) in [4.78, 5) is 0. The van der Waals surface area contributed by atoms with Crippen molar-refractivity contribution in [3.05, 3.63) is 35.4 Å². The fourth-order valence-corrected chi connectivity index (χ4v) is 3.20. The highest BCUT2D eigenvalue weighted by molar-refractivity contribution is 5.20. The molecule has 1 nitrogen and oxygen atoms in total. The zero-order valence-electron chi connectivity index (χ0n) is 12.5. The predicted octanol–water partition coefficient (Wildman–Crippen LogP) is 4.31. The number of benzene rings is 1. The topological polar surface area (TPSA) is 12.0 Å². The van der Waals surface area contributed by atoms with Crippen LogP contribution in [-0.2, 0) is 6.42 Å². The molecular weight excluding hydrogens is 256 g/mol. The van der Waals surface area contributed by atoms with Crippen LogP contribution in [-0.4, -0.2) is 12.6 Å². The second kappa shape index (κ2) is 7.16.